The van der Waals surface area contributed by atoms with Crippen molar-refractivity contribution in [2.45, 2.75) is 38.6 Å². The number of halogens is 2. The van der Waals surface area contributed by atoms with Crippen molar-refractivity contribution in [3.8, 4) is 0 Å². The van der Waals surface area contributed by atoms with Crippen molar-refractivity contribution in [3.63, 3.8) is 0 Å². The van der Waals surface area contributed by atoms with E-state index in [4.69, 9.17) is 0 Å². The van der Waals surface area contributed by atoms with E-state index >= 15 is 0 Å². The molecule has 1 atom stereocenters. The van der Waals surface area contributed by atoms with E-state index < -0.39 is 32.0 Å². The SMILES string of the molecule is CCc1cc2c(N3CC4(CN(C(=O)[C@@H]5CC(F)(F)CN5B(C)O)C4)C3)ncnc2s1. The zero-order valence-electron chi connectivity index (χ0n) is 17.0. The highest BCUT2D eigenvalue weighted by atomic mass is 32.1. The van der Waals surface area contributed by atoms with E-state index in [9.17, 15) is 18.6 Å². The Labute approximate surface area is 177 Å². The van der Waals surface area contributed by atoms with E-state index in [0.717, 1.165) is 35.5 Å². The summed E-state index contributed by atoms with van der Waals surface area (Å²) < 4.78 is 27.7. The number of alkyl halides is 2. The lowest BCUT2D eigenvalue weighted by molar-refractivity contribution is -0.149. The third-order valence-electron chi connectivity index (χ3n) is 6.50. The molecule has 2 aromatic heterocycles. The maximum absolute atomic E-state index is 13.8. The number of aromatic nitrogens is 2. The Morgan fingerprint density at radius 1 is 1.30 bits per heavy atom. The normalized spacial score (nSPS) is 24.9. The van der Waals surface area contributed by atoms with Crippen molar-refractivity contribution >= 4 is 40.3 Å². The maximum Gasteiger partial charge on any atom is 0.377 e. The van der Waals surface area contributed by atoms with Crippen LogP contribution in [-0.4, -0.2) is 82.3 Å². The molecule has 30 heavy (non-hydrogen) atoms. The number of fused-ring (bicyclic) bond motifs is 1. The molecule has 1 amide bonds. The predicted octanol–water partition coefficient (Wildman–Crippen LogP) is 1.72. The van der Waals surface area contributed by atoms with Gasteiger partial charge in [-0.25, -0.2) is 18.7 Å². The Balaban J connectivity index is 1.23. The van der Waals surface area contributed by atoms with Gasteiger partial charge in [-0.05, 0) is 19.3 Å². The van der Waals surface area contributed by atoms with E-state index in [1.807, 2.05) is 0 Å². The second kappa shape index (κ2) is 6.83. The number of likely N-dealkylation sites (tertiary alicyclic amines) is 1. The summed E-state index contributed by atoms with van der Waals surface area (Å²) in [6, 6.07) is 1.20. The summed E-state index contributed by atoms with van der Waals surface area (Å²) >= 11 is 1.69. The van der Waals surface area contributed by atoms with Gasteiger partial charge < -0.3 is 19.6 Å². The molecule has 0 aromatic carbocycles. The van der Waals surface area contributed by atoms with Crippen LogP contribution in [0.5, 0.6) is 0 Å². The fourth-order valence-corrected chi connectivity index (χ4v) is 5.96. The summed E-state index contributed by atoms with van der Waals surface area (Å²) in [4.78, 5) is 29.0. The van der Waals surface area contributed by atoms with Crippen LogP contribution in [0.1, 0.15) is 18.2 Å². The molecule has 0 radical (unpaired) electrons. The molecule has 3 saturated heterocycles. The van der Waals surface area contributed by atoms with E-state index in [2.05, 4.69) is 27.9 Å². The second-order valence-corrected chi connectivity index (χ2v) is 10.0. The van der Waals surface area contributed by atoms with Crippen LogP contribution in [0.2, 0.25) is 6.82 Å². The monoisotopic (exact) mass is 435 g/mol. The van der Waals surface area contributed by atoms with Gasteiger partial charge in [-0.15, -0.1) is 11.3 Å². The molecule has 5 rings (SSSR count). The first-order valence-corrected chi connectivity index (χ1v) is 11.1. The largest absolute Gasteiger partial charge is 0.437 e. The van der Waals surface area contributed by atoms with Gasteiger partial charge in [0.1, 0.15) is 17.0 Å². The van der Waals surface area contributed by atoms with Crippen molar-refractivity contribution in [2.24, 2.45) is 5.41 Å². The number of hydrogen-bond donors (Lipinski definition) is 1. The molecule has 5 heterocycles. The number of anilines is 1. The van der Waals surface area contributed by atoms with E-state index in [-0.39, 0.29) is 11.3 Å². The highest BCUT2D eigenvalue weighted by Gasteiger charge is 2.57. The maximum atomic E-state index is 13.8. The van der Waals surface area contributed by atoms with Gasteiger partial charge in [0.25, 0.3) is 5.92 Å². The van der Waals surface area contributed by atoms with Crippen LogP contribution < -0.4 is 4.90 Å². The van der Waals surface area contributed by atoms with Gasteiger partial charge in [0.2, 0.25) is 5.91 Å². The minimum Gasteiger partial charge on any atom is -0.437 e. The minimum atomic E-state index is -2.94. The third kappa shape index (κ3) is 3.18. The van der Waals surface area contributed by atoms with Gasteiger partial charge in [0, 0.05) is 42.9 Å². The van der Waals surface area contributed by atoms with Crippen molar-refractivity contribution in [1.29, 1.82) is 0 Å². The number of aryl methyl sites for hydroxylation is 1. The first-order chi connectivity index (χ1) is 14.2. The van der Waals surface area contributed by atoms with Crippen LogP contribution in [0.25, 0.3) is 10.2 Å². The van der Waals surface area contributed by atoms with Crippen LogP contribution in [0.15, 0.2) is 12.4 Å². The molecule has 11 heteroatoms. The Bertz CT molecular complexity index is 988. The van der Waals surface area contributed by atoms with Crippen molar-refractivity contribution < 1.29 is 18.6 Å². The molecule has 2 aromatic rings. The topological polar surface area (TPSA) is 72.8 Å². The number of amides is 1. The number of rotatable bonds is 4. The van der Waals surface area contributed by atoms with Crippen LogP contribution in [0.4, 0.5) is 14.6 Å². The molecule has 3 fully saturated rings. The summed E-state index contributed by atoms with van der Waals surface area (Å²) in [6.07, 6.45) is 2.04. The van der Waals surface area contributed by atoms with Crippen molar-refractivity contribution in [2.75, 3.05) is 37.6 Å². The second-order valence-electron chi connectivity index (χ2n) is 8.91. The van der Waals surface area contributed by atoms with Crippen molar-refractivity contribution in [1.82, 2.24) is 19.7 Å². The van der Waals surface area contributed by atoms with Gasteiger partial charge in [0.05, 0.1) is 18.0 Å². The first kappa shape index (κ1) is 20.1. The number of hydrogen-bond acceptors (Lipinski definition) is 7. The smallest absolute Gasteiger partial charge is 0.377 e. The molecule has 0 bridgehead atoms. The Kier molecular flexibility index (Phi) is 4.57. The Morgan fingerprint density at radius 2 is 2.03 bits per heavy atom. The highest BCUT2D eigenvalue weighted by Crippen LogP contribution is 2.44. The number of thiophene rings is 1. The molecule has 7 nitrogen and oxygen atoms in total. The zero-order valence-corrected chi connectivity index (χ0v) is 17.8. The molecule has 1 spiro atoms. The fraction of sp³-hybridized carbons (Fsp3) is 0.632. The summed E-state index contributed by atoms with van der Waals surface area (Å²) in [7, 11) is -1.07. The Morgan fingerprint density at radius 3 is 2.70 bits per heavy atom. The van der Waals surface area contributed by atoms with Gasteiger partial charge in [-0.1, -0.05) is 6.92 Å². The lowest BCUT2D eigenvalue weighted by atomic mass is 9.72. The number of carbonyl (C=O) groups excluding carboxylic acids is 1. The molecule has 0 unspecified atom stereocenters. The average molecular weight is 435 g/mol. The van der Waals surface area contributed by atoms with Crippen LogP contribution >= 0.6 is 11.3 Å². The van der Waals surface area contributed by atoms with Crippen LogP contribution in [0.3, 0.4) is 0 Å². The van der Waals surface area contributed by atoms with Gasteiger partial charge in [0.15, 0.2) is 0 Å². The molecule has 3 aliphatic heterocycles. The van der Waals surface area contributed by atoms with E-state index in [0.29, 0.717) is 13.1 Å². The third-order valence-corrected chi connectivity index (χ3v) is 7.68. The van der Waals surface area contributed by atoms with Gasteiger partial charge in [-0.2, -0.15) is 0 Å². The van der Waals surface area contributed by atoms with Crippen molar-refractivity contribution in [3.05, 3.63) is 17.3 Å². The summed E-state index contributed by atoms with van der Waals surface area (Å²) in [6.45, 7) is 5.70. The first-order valence-electron chi connectivity index (χ1n) is 10.3. The van der Waals surface area contributed by atoms with Gasteiger partial charge >= 0.3 is 7.05 Å². The lowest BCUT2D eigenvalue weighted by Gasteiger charge is -2.61. The predicted molar refractivity (Wildman–Crippen MR) is 112 cm³/mol. The average Bonchev–Trinajstić information content (AvgIpc) is 3.19. The standard InChI is InChI=1S/C19H24BF2N5O2S/c1-3-12-4-13-15(23-11-24-16(13)30-12)25-6-18(7-25)8-26(9-18)17(28)14-5-19(21,22)10-27(14)20(2)29/h4,11,14,29H,3,5-10H2,1-2H3/t14-/m0/s1. The summed E-state index contributed by atoms with van der Waals surface area (Å²) in [5.41, 5.74) is 0.00727. The zero-order chi connectivity index (χ0) is 21.3. The molecule has 0 aliphatic carbocycles. The summed E-state index contributed by atoms with van der Waals surface area (Å²) in [5, 5.41) is 10.9. The summed E-state index contributed by atoms with van der Waals surface area (Å²) in [5.74, 6) is -2.31. The molecule has 3 aliphatic rings. The molecular weight excluding hydrogens is 411 g/mol. The molecule has 0 saturated carbocycles. The van der Waals surface area contributed by atoms with E-state index in [1.54, 1.807) is 22.6 Å². The van der Waals surface area contributed by atoms with Gasteiger partial charge in [-0.3, -0.25) is 4.79 Å². The molecule has 160 valence electrons. The highest BCUT2D eigenvalue weighted by molar-refractivity contribution is 7.18. The van der Waals surface area contributed by atoms with Crippen LogP contribution in [0, 0.1) is 5.41 Å². The lowest BCUT2D eigenvalue weighted by Crippen LogP contribution is -2.74. The molecular formula is C19H24BF2N5O2S. The Hall–Kier alpha value is -1.85. The van der Waals surface area contributed by atoms with E-state index in [1.165, 1.54) is 16.5 Å². The minimum absolute atomic E-state index is 0.00727. The number of carbonyl (C=O) groups is 1. The fourth-order valence-electron chi connectivity index (χ4n) is 5.03. The van der Waals surface area contributed by atoms with Crippen LogP contribution in [-0.2, 0) is 11.2 Å². The molecule has 1 N–H and O–H groups in total. The quantitative estimate of drug-likeness (QED) is 0.738. The number of nitrogens with zero attached hydrogens (tertiary/aromatic N) is 5.